The maximum atomic E-state index is 6.22. The summed E-state index contributed by atoms with van der Waals surface area (Å²) in [4.78, 5) is 8.93. The van der Waals surface area contributed by atoms with Gasteiger partial charge in [-0.15, -0.1) is 5.10 Å². The Balaban J connectivity index is 1.32. The molecule has 4 rings (SSSR count). The third-order valence-corrected chi connectivity index (χ3v) is 5.33. The summed E-state index contributed by atoms with van der Waals surface area (Å²) in [6, 6.07) is 15.5. The van der Waals surface area contributed by atoms with E-state index in [1.807, 2.05) is 54.7 Å². The van der Waals surface area contributed by atoms with Crippen molar-refractivity contribution in [2.75, 3.05) is 38.2 Å². The summed E-state index contributed by atoms with van der Waals surface area (Å²) in [6.45, 7) is 3.78. The SMILES string of the molecule is COc1ccc(-n2cc(CN=C(N)N3CCN(c4ccc(Cl)cc4)CC3)nn2)cc1. The number of rotatable bonds is 5. The highest BCUT2D eigenvalue weighted by Gasteiger charge is 2.18. The quantitative estimate of drug-likeness (QED) is 0.499. The first-order chi connectivity index (χ1) is 14.6. The van der Waals surface area contributed by atoms with Gasteiger partial charge in [-0.05, 0) is 48.5 Å². The third kappa shape index (κ3) is 4.65. The maximum absolute atomic E-state index is 6.22. The average Bonchev–Trinajstić information content (AvgIpc) is 3.27. The van der Waals surface area contributed by atoms with Crippen LogP contribution in [-0.2, 0) is 6.54 Å². The van der Waals surface area contributed by atoms with Gasteiger partial charge in [0.05, 0.1) is 25.5 Å². The molecule has 156 valence electrons. The minimum Gasteiger partial charge on any atom is -0.497 e. The van der Waals surface area contributed by atoms with E-state index in [4.69, 9.17) is 22.1 Å². The fourth-order valence-corrected chi connectivity index (χ4v) is 3.47. The molecule has 2 N–H and O–H groups in total. The first-order valence-electron chi connectivity index (χ1n) is 9.73. The van der Waals surface area contributed by atoms with Crippen molar-refractivity contribution in [1.82, 2.24) is 19.9 Å². The molecule has 1 aliphatic rings. The maximum Gasteiger partial charge on any atom is 0.191 e. The summed E-state index contributed by atoms with van der Waals surface area (Å²) in [5.74, 6) is 1.33. The predicted molar refractivity (Wildman–Crippen MR) is 118 cm³/mol. The number of hydrogen-bond acceptors (Lipinski definition) is 5. The van der Waals surface area contributed by atoms with Crippen molar-refractivity contribution >= 4 is 23.2 Å². The van der Waals surface area contributed by atoms with E-state index in [2.05, 4.69) is 25.1 Å². The monoisotopic (exact) mass is 425 g/mol. The Kier molecular flexibility index (Phi) is 6.04. The highest BCUT2D eigenvalue weighted by atomic mass is 35.5. The van der Waals surface area contributed by atoms with Crippen LogP contribution < -0.4 is 15.4 Å². The van der Waals surface area contributed by atoms with E-state index in [0.717, 1.165) is 48.3 Å². The van der Waals surface area contributed by atoms with Gasteiger partial charge in [0.2, 0.25) is 0 Å². The number of guanidine groups is 1. The zero-order chi connectivity index (χ0) is 20.9. The molecule has 0 radical (unpaired) electrons. The van der Waals surface area contributed by atoms with Gasteiger partial charge in [-0.3, -0.25) is 0 Å². The smallest absolute Gasteiger partial charge is 0.191 e. The predicted octanol–water partition coefficient (Wildman–Crippen LogP) is 2.57. The standard InChI is InChI=1S/C21H24ClN7O/c1-30-20-8-6-19(7-9-20)29-15-17(25-26-29)14-24-21(23)28-12-10-27(11-13-28)18-4-2-16(22)3-5-18/h2-9,15H,10-14H2,1H3,(H2,23,24). The molecule has 9 heteroatoms. The number of ether oxygens (including phenoxy) is 1. The second-order valence-electron chi connectivity index (χ2n) is 6.98. The van der Waals surface area contributed by atoms with Crippen LogP contribution in [0.2, 0.25) is 5.02 Å². The van der Waals surface area contributed by atoms with Crippen LogP contribution in [-0.4, -0.2) is 59.1 Å². The van der Waals surface area contributed by atoms with Gasteiger partial charge in [0.1, 0.15) is 11.4 Å². The van der Waals surface area contributed by atoms with Gasteiger partial charge in [0.15, 0.2) is 5.96 Å². The summed E-state index contributed by atoms with van der Waals surface area (Å²) < 4.78 is 6.89. The topological polar surface area (TPSA) is 84.8 Å². The Morgan fingerprint density at radius 1 is 1.03 bits per heavy atom. The molecule has 0 atom stereocenters. The van der Waals surface area contributed by atoms with Gasteiger partial charge in [-0.2, -0.15) is 0 Å². The zero-order valence-electron chi connectivity index (χ0n) is 16.8. The van der Waals surface area contributed by atoms with Crippen molar-refractivity contribution < 1.29 is 4.74 Å². The Hall–Kier alpha value is -3.26. The van der Waals surface area contributed by atoms with Gasteiger partial charge in [0, 0.05) is 36.9 Å². The lowest BCUT2D eigenvalue weighted by Crippen LogP contribution is -2.51. The van der Waals surface area contributed by atoms with Crippen LogP contribution in [0.15, 0.2) is 59.7 Å². The van der Waals surface area contributed by atoms with E-state index >= 15 is 0 Å². The van der Waals surface area contributed by atoms with Crippen molar-refractivity contribution in [3.63, 3.8) is 0 Å². The van der Waals surface area contributed by atoms with Crippen LogP contribution in [0.4, 0.5) is 5.69 Å². The Bertz CT molecular complexity index is 993. The van der Waals surface area contributed by atoms with Gasteiger partial charge in [-0.1, -0.05) is 16.8 Å². The number of piperazine rings is 1. The molecule has 0 aliphatic carbocycles. The Labute approximate surface area is 180 Å². The second-order valence-corrected chi connectivity index (χ2v) is 7.41. The fourth-order valence-electron chi connectivity index (χ4n) is 3.34. The Morgan fingerprint density at radius 2 is 1.70 bits per heavy atom. The molecule has 0 amide bonds. The molecule has 1 aromatic heterocycles. The molecule has 8 nitrogen and oxygen atoms in total. The van der Waals surface area contributed by atoms with Crippen molar-refractivity contribution in [2.45, 2.75) is 6.54 Å². The second kappa shape index (κ2) is 9.04. The summed E-state index contributed by atoms with van der Waals surface area (Å²) in [6.07, 6.45) is 1.86. The summed E-state index contributed by atoms with van der Waals surface area (Å²) in [7, 11) is 1.64. The lowest BCUT2D eigenvalue weighted by molar-refractivity contribution is 0.380. The number of hydrogen-bond donors (Lipinski definition) is 1. The van der Waals surface area contributed by atoms with E-state index < -0.39 is 0 Å². The van der Waals surface area contributed by atoms with Crippen LogP contribution in [0.5, 0.6) is 5.75 Å². The van der Waals surface area contributed by atoms with Crippen LogP contribution >= 0.6 is 11.6 Å². The number of methoxy groups -OCH3 is 1. The number of aliphatic imine (C=N–C) groups is 1. The minimum absolute atomic E-state index is 0.388. The van der Waals surface area contributed by atoms with Gasteiger partial charge < -0.3 is 20.3 Å². The number of anilines is 1. The molecule has 1 saturated heterocycles. The molecular formula is C21H24ClN7O. The third-order valence-electron chi connectivity index (χ3n) is 5.08. The van der Waals surface area contributed by atoms with Crippen LogP contribution in [0.1, 0.15) is 5.69 Å². The number of nitrogens with two attached hydrogens (primary N) is 1. The summed E-state index contributed by atoms with van der Waals surface area (Å²) in [5, 5.41) is 9.11. The molecule has 2 heterocycles. The van der Waals surface area contributed by atoms with Crippen molar-refractivity contribution in [3.05, 3.63) is 65.4 Å². The number of halogens is 1. The number of aromatic nitrogens is 3. The molecule has 0 saturated carbocycles. The zero-order valence-corrected chi connectivity index (χ0v) is 17.5. The normalized spacial score (nSPS) is 14.8. The molecule has 30 heavy (non-hydrogen) atoms. The first kappa shape index (κ1) is 20.0. The van der Waals surface area contributed by atoms with Gasteiger partial charge in [0.25, 0.3) is 0 Å². The van der Waals surface area contributed by atoms with Crippen LogP contribution in [0.25, 0.3) is 5.69 Å². The fraction of sp³-hybridized carbons (Fsp3) is 0.286. The van der Waals surface area contributed by atoms with Crippen LogP contribution in [0, 0.1) is 0 Å². The lowest BCUT2D eigenvalue weighted by Gasteiger charge is -2.36. The molecule has 0 bridgehead atoms. The highest BCUT2D eigenvalue weighted by molar-refractivity contribution is 6.30. The largest absolute Gasteiger partial charge is 0.497 e. The van der Waals surface area contributed by atoms with Crippen LogP contribution in [0.3, 0.4) is 0 Å². The molecule has 2 aromatic carbocycles. The van der Waals surface area contributed by atoms with E-state index in [-0.39, 0.29) is 0 Å². The van der Waals surface area contributed by atoms with Gasteiger partial charge in [-0.25, -0.2) is 9.67 Å². The lowest BCUT2D eigenvalue weighted by atomic mass is 10.2. The average molecular weight is 426 g/mol. The molecule has 0 unspecified atom stereocenters. The van der Waals surface area contributed by atoms with Gasteiger partial charge >= 0.3 is 0 Å². The van der Waals surface area contributed by atoms with E-state index in [9.17, 15) is 0 Å². The number of nitrogens with zero attached hydrogens (tertiary/aromatic N) is 6. The highest BCUT2D eigenvalue weighted by Crippen LogP contribution is 2.19. The number of benzene rings is 2. The Morgan fingerprint density at radius 3 is 2.37 bits per heavy atom. The first-order valence-corrected chi connectivity index (χ1v) is 10.1. The molecule has 1 fully saturated rings. The summed E-state index contributed by atoms with van der Waals surface area (Å²) >= 11 is 5.97. The van der Waals surface area contributed by atoms with Crippen molar-refractivity contribution in [2.24, 2.45) is 10.7 Å². The summed E-state index contributed by atoms with van der Waals surface area (Å²) in [5.41, 5.74) is 9.06. The molecule has 1 aliphatic heterocycles. The molecule has 3 aromatic rings. The molecule has 0 spiro atoms. The molecular weight excluding hydrogens is 402 g/mol. The van der Waals surface area contributed by atoms with Crippen molar-refractivity contribution in [3.8, 4) is 11.4 Å². The van der Waals surface area contributed by atoms with E-state index in [1.54, 1.807) is 11.8 Å². The van der Waals surface area contributed by atoms with Crippen molar-refractivity contribution in [1.29, 1.82) is 0 Å². The minimum atomic E-state index is 0.388. The van der Waals surface area contributed by atoms with E-state index in [0.29, 0.717) is 12.5 Å². The van der Waals surface area contributed by atoms with E-state index in [1.165, 1.54) is 5.69 Å².